The highest BCUT2D eigenvalue weighted by Gasteiger charge is 2.17. The maximum Gasteiger partial charge on any atom is 0.227 e. The molecule has 2 rings (SSSR count). The molecule has 0 aliphatic heterocycles. The molecule has 102 valence electrons. The van der Waals surface area contributed by atoms with Crippen LogP contribution in [-0.2, 0) is 4.79 Å². The van der Waals surface area contributed by atoms with Crippen LogP contribution in [0.1, 0.15) is 24.8 Å². The quantitative estimate of drug-likeness (QED) is 0.860. The third-order valence-electron chi connectivity index (χ3n) is 2.51. The van der Waals surface area contributed by atoms with Gasteiger partial charge in [-0.15, -0.1) is 21.5 Å². The number of amides is 1. The van der Waals surface area contributed by atoms with Crippen LogP contribution in [0.15, 0.2) is 16.6 Å². The number of aromatic nitrogens is 3. The SMILES string of the molecule is Cc1cc(-c2nnc(SCC(N)=O)n2C(C)C)cs1. The van der Waals surface area contributed by atoms with Gasteiger partial charge in [0.25, 0.3) is 0 Å². The summed E-state index contributed by atoms with van der Waals surface area (Å²) in [6.07, 6.45) is 0. The van der Waals surface area contributed by atoms with E-state index in [1.807, 2.05) is 4.57 Å². The summed E-state index contributed by atoms with van der Waals surface area (Å²) < 4.78 is 2.04. The molecule has 0 aliphatic rings. The van der Waals surface area contributed by atoms with Crippen LogP contribution in [0.4, 0.5) is 0 Å². The van der Waals surface area contributed by atoms with E-state index in [2.05, 4.69) is 42.4 Å². The monoisotopic (exact) mass is 296 g/mol. The number of nitrogens with two attached hydrogens (primary N) is 1. The molecule has 19 heavy (non-hydrogen) atoms. The van der Waals surface area contributed by atoms with Crippen molar-refractivity contribution in [2.24, 2.45) is 5.73 Å². The smallest absolute Gasteiger partial charge is 0.227 e. The molecule has 0 saturated heterocycles. The molecule has 2 aromatic rings. The van der Waals surface area contributed by atoms with Crippen LogP contribution in [0, 0.1) is 6.92 Å². The first-order valence-corrected chi connectivity index (χ1v) is 7.77. The standard InChI is InChI=1S/C12H16N4OS2/c1-7(2)16-11(9-4-8(3)18-5-9)14-15-12(16)19-6-10(13)17/h4-5,7H,6H2,1-3H3,(H2,13,17). The van der Waals surface area contributed by atoms with Crippen LogP contribution >= 0.6 is 23.1 Å². The molecule has 1 amide bonds. The molecule has 0 radical (unpaired) electrons. The lowest BCUT2D eigenvalue weighted by molar-refractivity contribution is -0.115. The Balaban J connectivity index is 2.37. The minimum absolute atomic E-state index is 0.216. The first-order valence-electron chi connectivity index (χ1n) is 5.90. The van der Waals surface area contributed by atoms with Crippen LogP contribution in [-0.4, -0.2) is 26.4 Å². The lowest BCUT2D eigenvalue weighted by Gasteiger charge is -2.12. The fourth-order valence-electron chi connectivity index (χ4n) is 1.73. The lowest BCUT2D eigenvalue weighted by atomic mass is 10.3. The van der Waals surface area contributed by atoms with Crippen LogP contribution in [0.25, 0.3) is 11.4 Å². The Bertz CT molecular complexity index is 588. The number of carbonyl (C=O) groups excluding carboxylic acids is 1. The molecule has 0 unspecified atom stereocenters. The Morgan fingerprint density at radius 3 is 2.79 bits per heavy atom. The summed E-state index contributed by atoms with van der Waals surface area (Å²) in [6.45, 7) is 6.20. The van der Waals surface area contributed by atoms with Crippen molar-refractivity contribution in [1.29, 1.82) is 0 Å². The van der Waals surface area contributed by atoms with E-state index in [1.165, 1.54) is 16.6 Å². The number of rotatable bonds is 5. The van der Waals surface area contributed by atoms with Gasteiger partial charge in [-0.3, -0.25) is 9.36 Å². The second-order valence-electron chi connectivity index (χ2n) is 4.47. The summed E-state index contributed by atoms with van der Waals surface area (Å²) in [5.41, 5.74) is 6.24. The minimum atomic E-state index is -0.351. The Morgan fingerprint density at radius 2 is 2.26 bits per heavy atom. The molecule has 0 aromatic carbocycles. The third kappa shape index (κ3) is 3.16. The van der Waals surface area contributed by atoms with Gasteiger partial charge in [-0.05, 0) is 26.8 Å². The summed E-state index contributed by atoms with van der Waals surface area (Å²) in [4.78, 5) is 12.1. The highest BCUT2D eigenvalue weighted by atomic mass is 32.2. The van der Waals surface area contributed by atoms with Crippen molar-refractivity contribution in [3.05, 3.63) is 16.3 Å². The Hall–Kier alpha value is -1.34. The van der Waals surface area contributed by atoms with Gasteiger partial charge < -0.3 is 5.73 Å². The number of aryl methyl sites for hydroxylation is 1. The van der Waals surface area contributed by atoms with E-state index in [9.17, 15) is 4.79 Å². The first kappa shape index (κ1) is 14.1. The van der Waals surface area contributed by atoms with Crippen molar-refractivity contribution < 1.29 is 4.79 Å². The Kier molecular flexibility index (Phi) is 4.26. The van der Waals surface area contributed by atoms with Gasteiger partial charge in [0.2, 0.25) is 5.91 Å². The van der Waals surface area contributed by atoms with Crippen LogP contribution < -0.4 is 5.73 Å². The van der Waals surface area contributed by atoms with Crippen molar-refractivity contribution >= 4 is 29.0 Å². The summed E-state index contributed by atoms with van der Waals surface area (Å²) in [5.74, 6) is 0.704. The average Bonchev–Trinajstić information content (AvgIpc) is 2.91. The van der Waals surface area contributed by atoms with Crippen molar-refractivity contribution in [3.8, 4) is 11.4 Å². The number of hydrogen-bond acceptors (Lipinski definition) is 5. The second-order valence-corrected chi connectivity index (χ2v) is 6.53. The number of thiophene rings is 1. The van der Waals surface area contributed by atoms with Gasteiger partial charge in [-0.25, -0.2) is 0 Å². The predicted molar refractivity (Wildman–Crippen MR) is 78.4 cm³/mol. The zero-order valence-corrected chi connectivity index (χ0v) is 12.7. The predicted octanol–water partition coefficient (Wildman–Crippen LogP) is 2.47. The largest absolute Gasteiger partial charge is 0.369 e. The van der Waals surface area contributed by atoms with Crippen LogP contribution in [0.3, 0.4) is 0 Å². The fraction of sp³-hybridized carbons (Fsp3) is 0.417. The molecule has 0 bridgehead atoms. The number of primary amides is 1. The zero-order chi connectivity index (χ0) is 14.0. The van der Waals surface area contributed by atoms with Gasteiger partial charge in [-0.1, -0.05) is 11.8 Å². The molecule has 2 heterocycles. The van der Waals surface area contributed by atoms with Gasteiger partial charge in [0.15, 0.2) is 11.0 Å². The Labute approximate surface area is 120 Å². The molecule has 5 nitrogen and oxygen atoms in total. The van der Waals surface area contributed by atoms with E-state index in [0.717, 1.165) is 16.5 Å². The molecule has 0 saturated carbocycles. The van der Waals surface area contributed by atoms with Crippen molar-refractivity contribution in [2.75, 3.05) is 5.75 Å². The molecule has 0 spiro atoms. The molecular weight excluding hydrogens is 280 g/mol. The van der Waals surface area contributed by atoms with Gasteiger partial charge in [0, 0.05) is 21.9 Å². The normalized spacial score (nSPS) is 11.2. The number of nitrogens with zero attached hydrogens (tertiary/aromatic N) is 3. The average molecular weight is 296 g/mol. The summed E-state index contributed by atoms with van der Waals surface area (Å²) in [7, 11) is 0. The summed E-state index contributed by atoms with van der Waals surface area (Å²) >= 11 is 3.01. The Morgan fingerprint density at radius 1 is 1.53 bits per heavy atom. The van der Waals surface area contributed by atoms with Crippen molar-refractivity contribution in [3.63, 3.8) is 0 Å². The van der Waals surface area contributed by atoms with Crippen LogP contribution in [0.5, 0.6) is 0 Å². The van der Waals surface area contributed by atoms with E-state index in [1.54, 1.807) is 11.3 Å². The minimum Gasteiger partial charge on any atom is -0.369 e. The van der Waals surface area contributed by atoms with Crippen molar-refractivity contribution in [2.45, 2.75) is 32.0 Å². The molecule has 0 fully saturated rings. The zero-order valence-electron chi connectivity index (χ0n) is 11.1. The highest BCUT2D eigenvalue weighted by Crippen LogP contribution is 2.29. The van der Waals surface area contributed by atoms with E-state index >= 15 is 0 Å². The van der Waals surface area contributed by atoms with E-state index in [-0.39, 0.29) is 17.7 Å². The lowest BCUT2D eigenvalue weighted by Crippen LogP contribution is -2.14. The number of carbonyl (C=O) groups is 1. The molecule has 2 N–H and O–H groups in total. The molecule has 7 heteroatoms. The first-order chi connectivity index (χ1) is 8.99. The summed E-state index contributed by atoms with van der Waals surface area (Å²) in [6, 6.07) is 2.32. The second kappa shape index (κ2) is 5.75. The van der Waals surface area contributed by atoms with Gasteiger partial charge in [-0.2, -0.15) is 0 Å². The van der Waals surface area contributed by atoms with Gasteiger partial charge in [0.1, 0.15) is 0 Å². The topological polar surface area (TPSA) is 73.8 Å². The van der Waals surface area contributed by atoms with Crippen molar-refractivity contribution in [1.82, 2.24) is 14.8 Å². The molecule has 2 aromatic heterocycles. The van der Waals surface area contributed by atoms with Crippen LogP contribution in [0.2, 0.25) is 0 Å². The van der Waals surface area contributed by atoms with Gasteiger partial charge in [0.05, 0.1) is 5.75 Å². The number of hydrogen-bond donors (Lipinski definition) is 1. The fourth-order valence-corrected chi connectivity index (χ4v) is 3.22. The third-order valence-corrected chi connectivity index (χ3v) is 4.34. The van der Waals surface area contributed by atoms with E-state index in [4.69, 9.17) is 5.73 Å². The van der Waals surface area contributed by atoms with E-state index in [0.29, 0.717) is 0 Å². The highest BCUT2D eigenvalue weighted by molar-refractivity contribution is 7.99. The number of thioether (sulfide) groups is 1. The molecule has 0 aliphatic carbocycles. The molecule has 0 atom stereocenters. The summed E-state index contributed by atoms with van der Waals surface area (Å²) in [5, 5.41) is 11.2. The maximum absolute atomic E-state index is 10.9. The van der Waals surface area contributed by atoms with Gasteiger partial charge >= 0.3 is 0 Å². The van der Waals surface area contributed by atoms with E-state index < -0.39 is 0 Å². The maximum atomic E-state index is 10.9. The molecular formula is C12H16N4OS2.